The van der Waals surface area contributed by atoms with E-state index in [1.54, 1.807) is 45.0 Å². The Morgan fingerprint density at radius 1 is 1.19 bits per heavy atom. The second-order valence-electron chi connectivity index (χ2n) is 4.26. The first-order valence-corrected chi connectivity index (χ1v) is 8.50. The third-order valence-corrected chi connectivity index (χ3v) is 4.61. The van der Waals surface area contributed by atoms with Crippen molar-refractivity contribution in [3.63, 3.8) is 0 Å². The molecule has 0 unspecified atom stereocenters. The fraction of sp³-hybridized carbons (Fsp3) is 0.429. The fourth-order valence-electron chi connectivity index (χ4n) is 1.64. The second kappa shape index (κ2) is 8.72. The van der Waals surface area contributed by atoms with Crippen molar-refractivity contribution in [3.05, 3.63) is 35.9 Å². The van der Waals surface area contributed by atoms with Crippen molar-refractivity contribution < 1.29 is 18.4 Å². The number of amides is 1. The minimum absolute atomic E-state index is 0.0454. The van der Waals surface area contributed by atoms with Gasteiger partial charge in [0.15, 0.2) is 0 Å². The van der Waals surface area contributed by atoms with Gasteiger partial charge in [-0.2, -0.15) is 5.10 Å². The van der Waals surface area contributed by atoms with Gasteiger partial charge in [-0.1, -0.05) is 18.2 Å². The molecule has 0 aromatic heterocycles. The molecule has 6 nitrogen and oxygen atoms in total. The number of benzene rings is 1. The van der Waals surface area contributed by atoms with E-state index < -0.39 is 7.60 Å². The van der Waals surface area contributed by atoms with Crippen LogP contribution in [0.3, 0.4) is 0 Å². The van der Waals surface area contributed by atoms with Crippen LogP contribution in [0.25, 0.3) is 0 Å². The molecule has 1 amide bonds. The zero-order chi connectivity index (χ0) is 15.7. The van der Waals surface area contributed by atoms with Gasteiger partial charge in [-0.05, 0) is 32.9 Å². The third kappa shape index (κ3) is 6.21. The molecule has 21 heavy (non-hydrogen) atoms. The minimum atomic E-state index is -3.19. The van der Waals surface area contributed by atoms with Crippen molar-refractivity contribution in [1.82, 2.24) is 5.43 Å². The summed E-state index contributed by atoms with van der Waals surface area (Å²) in [6.45, 7) is 5.74. The minimum Gasteiger partial charge on any atom is -0.309 e. The van der Waals surface area contributed by atoms with Crippen molar-refractivity contribution in [3.8, 4) is 0 Å². The average molecular weight is 312 g/mol. The second-order valence-corrected chi connectivity index (χ2v) is 6.31. The van der Waals surface area contributed by atoms with E-state index in [9.17, 15) is 9.36 Å². The van der Waals surface area contributed by atoms with Gasteiger partial charge in [-0.3, -0.25) is 9.36 Å². The highest BCUT2D eigenvalue weighted by Gasteiger charge is 2.24. The zero-order valence-electron chi connectivity index (χ0n) is 12.5. The quantitative estimate of drug-likeness (QED) is 0.454. The summed E-state index contributed by atoms with van der Waals surface area (Å²) in [6, 6.07) is 8.73. The number of carbonyl (C=O) groups excluding carboxylic acids is 1. The number of hydrogen-bond acceptors (Lipinski definition) is 5. The van der Waals surface area contributed by atoms with Crippen LogP contribution in [0.5, 0.6) is 0 Å². The molecule has 1 aromatic rings. The SMILES string of the molecule is CCOP(=O)(C/C(C)=N\NC(=O)c1ccccc1)OCC. The lowest BCUT2D eigenvalue weighted by molar-refractivity contribution is 0.0954. The Morgan fingerprint density at radius 3 is 2.29 bits per heavy atom. The Hall–Kier alpha value is -1.49. The normalized spacial score (nSPS) is 12.2. The van der Waals surface area contributed by atoms with Gasteiger partial charge in [0, 0.05) is 11.3 Å². The van der Waals surface area contributed by atoms with Crippen LogP contribution in [0.2, 0.25) is 0 Å². The lowest BCUT2D eigenvalue weighted by atomic mass is 10.2. The number of nitrogens with one attached hydrogen (secondary N) is 1. The van der Waals surface area contributed by atoms with Gasteiger partial charge < -0.3 is 9.05 Å². The van der Waals surface area contributed by atoms with E-state index in [2.05, 4.69) is 10.5 Å². The molecule has 116 valence electrons. The summed E-state index contributed by atoms with van der Waals surface area (Å²) < 4.78 is 22.6. The molecule has 0 bridgehead atoms. The molecule has 0 fully saturated rings. The Kier molecular flexibility index (Phi) is 7.29. The van der Waals surface area contributed by atoms with Crippen LogP contribution in [0.1, 0.15) is 31.1 Å². The van der Waals surface area contributed by atoms with E-state index in [-0.39, 0.29) is 12.1 Å². The van der Waals surface area contributed by atoms with E-state index >= 15 is 0 Å². The predicted molar refractivity (Wildman–Crippen MR) is 82.7 cm³/mol. The molecule has 0 radical (unpaired) electrons. The third-order valence-electron chi connectivity index (χ3n) is 2.46. The standard InChI is InChI=1S/C14H21N2O4P/c1-4-19-21(18,20-5-2)11-12(3)15-16-14(17)13-9-7-6-8-10-13/h6-10H,4-5,11H2,1-3H3,(H,16,17)/b15-12-. The van der Waals surface area contributed by atoms with Gasteiger partial charge in [-0.25, -0.2) is 5.43 Å². The van der Waals surface area contributed by atoms with Gasteiger partial charge in [0.2, 0.25) is 0 Å². The molecule has 0 aliphatic carbocycles. The van der Waals surface area contributed by atoms with E-state index in [1.807, 2.05) is 6.07 Å². The molecular formula is C14H21N2O4P. The molecule has 0 saturated heterocycles. The van der Waals surface area contributed by atoms with Crippen molar-refractivity contribution in [1.29, 1.82) is 0 Å². The molecule has 7 heteroatoms. The Labute approximate surface area is 125 Å². The van der Waals surface area contributed by atoms with Crippen LogP contribution >= 0.6 is 7.60 Å². The van der Waals surface area contributed by atoms with Crippen molar-refractivity contribution in [2.75, 3.05) is 19.4 Å². The van der Waals surface area contributed by atoms with Crippen LogP contribution in [0.15, 0.2) is 35.4 Å². The maximum atomic E-state index is 12.3. The molecular weight excluding hydrogens is 291 g/mol. The zero-order valence-corrected chi connectivity index (χ0v) is 13.4. The Bertz CT molecular complexity index is 521. The summed E-state index contributed by atoms with van der Waals surface area (Å²) in [5, 5.41) is 3.93. The Balaban J connectivity index is 2.64. The monoisotopic (exact) mass is 312 g/mol. The van der Waals surface area contributed by atoms with Crippen LogP contribution in [-0.4, -0.2) is 31.0 Å². The number of rotatable bonds is 8. The smallest absolute Gasteiger partial charge is 0.309 e. The van der Waals surface area contributed by atoms with Crippen LogP contribution < -0.4 is 5.43 Å². The molecule has 0 atom stereocenters. The van der Waals surface area contributed by atoms with E-state index in [0.717, 1.165) is 0 Å². The molecule has 0 heterocycles. The molecule has 0 spiro atoms. The van der Waals surface area contributed by atoms with E-state index in [0.29, 0.717) is 24.5 Å². The largest absolute Gasteiger partial charge is 0.336 e. The molecule has 0 aliphatic heterocycles. The lowest BCUT2D eigenvalue weighted by Crippen LogP contribution is -2.20. The number of nitrogens with zero attached hydrogens (tertiary/aromatic N) is 1. The summed E-state index contributed by atoms with van der Waals surface area (Å²) in [5.74, 6) is -0.322. The van der Waals surface area contributed by atoms with Gasteiger partial charge in [-0.15, -0.1) is 0 Å². The van der Waals surface area contributed by atoms with Crippen molar-refractivity contribution in [2.45, 2.75) is 20.8 Å². The Morgan fingerprint density at radius 2 is 1.76 bits per heavy atom. The highest BCUT2D eigenvalue weighted by Crippen LogP contribution is 2.47. The van der Waals surface area contributed by atoms with E-state index in [1.165, 1.54) is 0 Å². The average Bonchev–Trinajstić information content (AvgIpc) is 2.46. The van der Waals surface area contributed by atoms with Crippen LogP contribution in [0, 0.1) is 0 Å². The number of hydrogen-bond donors (Lipinski definition) is 1. The lowest BCUT2D eigenvalue weighted by Gasteiger charge is -2.16. The molecule has 1 N–H and O–H groups in total. The topological polar surface area (TPSA) is 77.0 Å². The maximum absolute atomic E-state index is 12.3. The van der Waals surface area contributed by atoms with Crippen LogP contribution in [0.4, 0.5) is 0 Å². The van der Waals surface area contributed by atoms with Gasteiger partial charge in [0.25, 0.3) is 5.91 Å². The first kappa shape index (κ1) is 17.6. The highest BCUT2D eigenvalue weighted by atomic mass is 31.2. The summed E-state index contributed by atoms with van der Waals surface area (Å²) in [4.78, 5) is 11.8. The molecule has 1 aromatic carbocycles. The summed E-state index contributed by atoms with van der Waals surface area (Å²) in [7, 11) is -3.19. The van der Waals surface area contributed by atoms with Gasteiger partial charge >= 0.3 is 7.60 Å². The molecule has 0 saturated carbocycles. The van der Waals surface area contributed by atoms with E-state index in [4.69, 9.17) is 9.05 Å². The summed E-state index contributed by atoms with van der Waals surface area (Å²) in [6.07, 6.45) is 0.0454. The van der Waals surface area contributed by atoms with Gasteiger partial charge in [0.05, 0.1) is 19.4 Å². The highest BCUT2D eigenvalue weighted by molar-refractivity contribution is 7.54. The number of carbonyl (C=O) groups is 1. The first-order chi connectivity index (χ1) is 10.0. The fourth-order valence-corrected chi connectivity index (χ4v) is 3.31. The molecule has 0 aliphatic rings. The summed E-state index contributed by atoms with van der Waals surface area (Å²) >= 11 is 0. The van der Waals surface area contributed by atoms with Crippen LogP contribution in [-0.2, 0) is 13.6 Å². The maximum Gasteiger partial charge on any atom is 0.336 e. The number of hydrazone groups is 1. The molecule has 1 rings (SSSR count). The van der Waals surface area contributed by atoms with Gasteiger partial charge in [0.1, 0.15) is 0 Å². The van der Waals surface area contributed by atoms with Crippen molar-refractivity contribution >= 4 is 19.2 Å². The van der Waals surface area contributed by atoms with Crippen molar-refractivity contribution in [2.24, 2.45) is 5.10 Å². The predicted octanol–water partition coefficient (Wildman–Crippen LogP) is 3.06. The summed E-state index contributed by atoms with van der Waals surface area (Å²) in [5.41, 5.74) is 3.41. The first-order valence-electron chi connectivity index (χ1n) is 6.77.